The Kier molecular flexibility index (Phi) is 5.42. The van der Waals surface area contributed by atoms with Crippen molar-refractivity contribution < 1.29 is 13.2 Å². The summed E-state index contributed by atoms with van der Waals surface area (Å²) in [5.41, 5.74) is 1.94. The molecule has 0 unspecified atom stereocenters. The van der Waals surface area contributed by atoms with E-state index in [1.165, 1.54) is 25.2 Å². The average Bonchev–Trinajstić information content (AvgIpc) is 2.50. The standard InChI is InChI=1S/C16H16Cl2N2O3S/c1-10-13(17)5-4-6-15(10)19-16(21)12-8-7-11(9-14(12)18)20(2)24(3,22)23/h4-9H,1-3H3,(H,19,21). The molecule has 0 aliphatic carbocycles. The molecule has 2 aromatic rings. The van der Waals surface area contributed by atoms with Crippen LogP contribution in [0, 0.1) is 6.92 Å². The maximum Gasteiger partial charge on any atom is 0.257 e. The molecule has 1 amide bonds. The second kappa shape index (κ2) is 7.01. The van der Waals surface area contributed by atoms with Gasteiger partial charge in [0.15, 0.2) is 0 Å². The Morgan fingerprint density at radius 3 is 2.38 bits per heavy atom. The van der Waals surface area contributed by atoms with Crippen LogP contribution in [-0.4, -0.2) is 27.6 Å². The Labute approximate surface area is 151 Å². The Bertz CT molecular complexity index is 898. The first-order valence-corrected chi connectivity index (χ1v) is 9.51. The van der Waals surface area contributed by atoms with Crippen molar-refractivity contribution in [1.82, 2.24) is 0 Å². The first kappa shape index (κ1) is 18.6. The third-order valence-corrected chi connectivity index (χ3v) is 5.50. The SMILES string of the molecule is Cc1c(Cl)cccc1NC(=O)c1ccc(N(C)S(C)(=O)=O)cc1Cl. The lowest BCUT2D eigenvalue weighted by molar-refractivity contribution is 0.102. The van der Waals surface area contributed by atoms with Crippen LogP contribution in [0.15, 0.2) is 36.4 Å². The maximum atomic E-state index is 12.4. The van der Waals surface area contributed by atoms with Gasteiger partial charge in [-0.3, -0.25) is 9.10 Å². The number of anilines is 2. The summed E-state index contributed by atoms with van der Waals surface area (Å²) in [5, 5.41) is 3.45. The third kappa shape index (κ3) is 4.01. The van der Waals surface area contributed by atoms with Gasteiger partial charge in [-0.25, -0.2) is 8.42 Å². The van der Waals surface area contributed by atoms with Crippen LogP contribution in [0.3, 0.4) is 0 Å². The molecule has 0 spiro atoms. The third-order valence-electron chi connectivity index (χ3n) is 3.57. The van der Waals surface area contributed by atoms with Crippen LogP contribution >= 0.6 is 23.2 Å². The summed E-state index contributed by atoms with van der Waals surface area (Å²) in [6.45, 7) is 1.80. The van der Waals surface area contributed by atoms with Gasteiger partial charge < -0.3 is 5.32 Å². The molecule has 0 bridgehead atoms. The van der Waals surface area contributed by atoms with Crippen molar-refractivity contribution in [3.8, 4) is 0 Å². The van der Waals surface area contributed by atoms with Crippen molar-refractivity contribution in [3.05, 3.63) is 57.6 Å². The van der Waals surface area contributed by atoms with Crippen LogP contribution < -0.4 is 9.62 Å². The van der Waals surface area contributed by atoms with E-state index >= 15 is 0 Å². The van der Waals surface area contributed by atoms with Crippen LogP contribution in [0.5, 0.6) is 0 Å². The average molecular weight is 387 g/mol. The first-order chi connectivity index (χ1) is 11.1. The molecule has 24 heavy (non-hydrogen) atoms. The highest BCUT2D eigenvalue weighted by molar-refractivity contribution is 7.92. The molecule has 2 aromatic carbocycles. The van der Waals surface area contributed by atoms with Gasteiger partial charge in [0, 0.05) is 17.8 Å². The fourth-order valence-electron chi connectivity index (χ4n) is 2.01. The van der Waals surface area contributed by atoms with Gasteiger partial charge in [-0.15, -0.1) is 0 Å². The van der Waals surface area contributed by atoms with Crippen molar-refractivity contribution in [2.45, 2.75) is 6.92 Å². The van der Waals surface area contributed by atoms with Gasteiger partial charge in [0.1, 0.15) is 0 Å². The predicted octanol–water partition coefficient (Wildman–Crippen LogP) is 3.95. The molecule has 1 N–H and O–H groups in total. The maximum absolute atomic E-state index is 12.4. The van der Waals surface area contributed by atoms with Gasteiger partial charge in [-0.2, -0.15) is 0 Å². The van der Waals surface area contributed by atoms with Crippen LogP contribution in [0.1, 0.15) is 15.9 Å². The van der Waals surface area contributed by atoms with E-state index in [2.05, 4.69) is 5.32 Å². The highest BCUT2D eigenvalue weighted by atomic mass is 35.5. The van der Waals surface area contributed by atoms with Gasteiger partial charge in [0.2, 0.25) is 10.0 Å². The summed E-state index contributed by atoms with van der Waals surface area (Å²) < 4.78 is 24.2. The summed E-state index contributed by atoms with van der Waals surface area (Å²) in [6, 6.07) is 9.63. The van der Waals surface area contributed by atoms with E-state index in [1.54, 1.807) is 25.1 Å². The normalized spacial score (nSPS) is 11.2. The second-order valence-electron chi connectivity index (χ2n) is 5.26. The summed E-state index contributed by atoms with van der Waals surface area (Å²) in [4.78, 5) is 12.4. The molecule has 0 heterocycles. The summed E-state index contributed by atoms with van der Waals surface area (Å²) in [5.74, 6) is -0.404. The number of amides is 1. The first-order valence-electron chi connectivity index (χ1n) is 6.91. The van der Waals surface area contributed by atoms with Crippen LogP contribution in [0.25, 0.3) is 0 Å². The Balaban J connectivity index is 2.29. The number of benzene rings is 2. The number of nitrogens with one attached hydrogen (secondary N) is 1. The van der Waals surface area contributed by atoms with E-state index < -0.39 is 15.9 Å². The molecule has 8 heteroatoms. The smallest absolute Gasteiger partial charge is 0.257 e. The zero-order valence-electron chi connectivity index (χ0n) is 13.3. The highest BCUT2D eigenvalue weighted by Gasteiger charge is 2.17. The molecule has 0 aliphatic rings. The lowest BCUT2D eigenvalue weighted by Crippen LogP contribution is -2.25. The van der Waals surface area contributed by atoms with E-state index in [0.29, 0.717) is 16.4 Å². The minimum absolute atomic E-state index is 0.153. The molecule has 0 fully saturated rings. The lowest BCUT2D eigenvalue weighted by Gasteiger charge is -2.17. The van der Waals surface area contributed by atoms with Crippen molar-refractivity contribution >= 4 is 50.5 Å². The summed E-state index contributed by atoms with van der Waals surface area (Å²) in [6.07, 6.45) is 1.09. The molecule has 5 nitrogen and oxygen atoms in total. The van der Waals surface area contributed by atoms with E-state index in [9.17, 15) is 13.2 Å². The monoisotopic (exact) mass is 386 g/mol. The lowest BCUT2D eigenvalue weighted by atomic mass is 10.1. The Morgan fingerprint density at radius 1 is 1.12 bits per heavy atom. The van der Waals surface area contributed by atoms with Crippen molar-refractivity contribution in [1.29, 1.82) is 0 Å². The van der Waals surface area contributed by atoms with Gasteiger partial charge >= 0.3 is 0 Å². The number of carbonyl (C=O) groups is 1. The quantitative estimate of drug-likeness (QED) is 0.864. The highest BCUT2D eigenvalue weighted by Crippen LogP contribution is 2.27. The minimum Gasteiger partial charge on any atom is -0.322 e. The van der Waals surface area contributed by atoms with Crippen molar-refractivity contribution in [2.24, 2.45) is 0 Å². The number of hydrogen-bond acceptors (Lipinski definition) is 3. The number of nitrogens with zero attached hydrogens (tertiary/aromatic N) is 1. The van der Waals surface area contributed by atoms with E-state index in [1.807, 2.05) is 0 Å². The zero-order chi connectivity index (χ0) is 18.1. The van der Waals surface area contributed by atoms with Gasteiger partial charge in [0.25, 0.3) is 5.91 Å². The number of halogens is 2. The van der Waals surface area contributed by atoms with Gasteiger partial charge in [-0.05, 0) is 42.8 Å². The van der Waals surface area contributed by atoms with Crippen molar-refractivity contribution in [2.75, 3.05) is 22.9 Å². The fraction of sp³-hybridized carbons (Fsp3) is 0.188. The summed E-state index contributed by atoms with van der Waals surface area (Å²) >= 11 is 12.2. The van der Waals surface area contributed by atoms with Crippen LogP contribution in [0.4, 0.5) is 11.4 Å². The molecule has 0 radical (unpaired) electrons. The topological polar surface area (TPSA) is 66.5 Å². The fourth-order valence-corrected chi connectivity index (χ4v) is 2.94. The van der Waals surface area contributed by atoms with Gasteiger partial charge in [0.05, 0.1) is 22.5 Å². The molecular weight excluding hydrogens is 371 g/mol. The minimum atomic E-state index is -3.41. The number of carbonyl (C=O) groups excluding carboxylic acids is 1. The molecule has 0 aliphatic heterocycles. The number of hydrogen-bond donors (Lipinski definition) is 1. The van der Waals surface area contributed by atoms with Crippen LogP contribution in [0.2, 0.25) is 10.0 Å². The molecular formula is C16H16Cl2N2O3S. The Morgan fingerprint density at radius 2 is 1.79 bits per heavy atom. The van der Waals surface area contributed by atoms with E-state index in [0.717, 1.165) is 16.1 Å². The van der Waals surface area contributed by atoms with Crippen molar-refractivity contribution in [3.63, 3.8) is 0 Å². The summed E-state index contributed by atoms with van der Waals surface area (Å²) in [7, 11) is -1.99. The molecule has 0 saturated carbocycles. The molecule has 0 saturated heterocycles. The van der Waals surface area contributed by atoms with E-state index in [-0.39, 0.29) is 10.6 Å². The number of sulfonamides is 1. The molecule has 0 aromatic heterocycles. The number of rotatable bonds is 4. The molecule has 2 rings (SSSR count). The van der Waals surface area contributed by atoms with Gasteiger partial charge in [-0.1, -0.05) is 29.3 Å². The Hall–Kier alpha value is -1.76. The predicted molar refractivity (Wildman–Crippen MR) is 98.8 cm³/mol. The second-order valence-corrected chi connectivity index (χ2v) is 8.09. The molecule has 128 valence electrons. The largest absolute Gasteiger partial charge is 0.322 e. The van der Waals surface area contributed by atoms with Crippen LogP contribution in [-0.2, 0) is 10.0 Å². The van der Waals surface area contributed by atoms with E-state index in [4.69, 9.17) is 23.2 Å². The zero-order valence-corrected chi connectivity index (χ0v) is 15.6. The molecule has 0 atom stereocenters.